The summed E-state index contributed by atoms with van der Waals surface area (Å²) in [6, 6.07) is 8.21. The second kappa shape index (κ2) is 9.87. The number of nitrogens with one attached hydrogen (secondary N) is 3. The van der Waals surface area contributed by atoms with Crippen LogP contribution in [0.25, 0.3) is 0 Å². The molecule has 0 fully saturated rings. The largest absolute Gasteiger partial charge is 0.357 e. The van der Waals surface area contributed by atoms with Crippen LogP contribution in [0.4, 0.5) is 5.69 Å². The Morgan fingerprint density at radius 1 is 1.13 bits per heavy atom. The molecule has 5 heteroatoms. The monoisotopic (exact) mass is 318 g/mol. The maximum absolute atomic E-state index is 11.7. The Morgan fingerprint density at radius 3 is 2.30 bits per heavy atom. The summed E-state index contributed by atoms with van der Waals surface area (Å²) < 4.78 is 0. The third-order valence-corrected chi connectivity index (χ3v) is 3.51. The average molecular weight is 318 g/mol. The molecule has 0 aliphatic heterocycles. The highest BCUT2D eigenvalue weighted by Gasteiger charge is 2.07. The van der Waals surface area contributed by atoms with Gasteiger partial charge in [-0.05, 0) is 38.0 Å². The second-order valence-electron chi connectivity index (χ2n) is 5.99. The lowest BCUT2D eigenvalue weighted by Gasteiger charge is -2.16. The van der Waals surface area contributed by atoms with Crippen LogP contribution in [-0.4, -0.2) is 24.5 Å². The minimum absolute atomic E-state index is 0.0198. The number of amides is 1. The number of guanidine groups is 1. The van der Waals surface area contributed by atoms with Crippen LogP contribution in [0.15, 0.2) is 29.3 Å². The zero-order chi connectivity index (χ0) is 17.2. The molecule has 0 saturated carbocycles. The van der Waals surface area contributed by atoms with Crippen LogP contribution in [0, 0.1) is 5.92 Å². The van der Waals surface area contributed by atoms with E-state index < -0.39 is 0 Å². The van der Waals surface area contributed by atoms with Gasteiger partial charge in [0.2, 0.25) is 5.91 Å². The standard InChI is InChI=1S/C18H30N4O/c1-6-14(5)21-18(19-7-2)20-12-15-8-10-16(11-9-15)22-17(23)13(3)4/h8-11,13-14H,6-7,12H2,1-5H3,(H,22,23)(H2,19,20,21). The maximum atomic E-state index is 11.7. The van der Waals surface area contributed by atoms with Crippen molar-refractivity contribution in [2.75, 3.05) is 11.9 Å². The molecule has 0 aliphatic carbocycles. The van der Waals surface area contributed by atoms with Crippen molar-refractivity contribution in [3.05, 3.63) is 29.8 Å². The molecule has 0 radical (unpaired) electrons. The molecule has 0 aliphatic rings. The van der Waals surface area contributed by atoms with Gasteiger partial charge in [-0.1, -0.05) is 32.9 Å². The molecule has 128 valence electrons. The van der Waals surface area contributed by atoms with E-state index in [-0.39, 0.29) is 11.8 Å². The minimum atomic E-state index is -0.0198. The fraction of sp³-hybridized carbons (Fsp3) is 0.556. The number of hydrogen-bond donors (Lipinski definition) is 3. The molecule has 1 aromatic carbocycles. The fourth-order valence-electron chi connectivity index (χ4n) is 1.81. The molecule has 1 rings (SSSR count). The van der Waals surface area contributed by atoms with Gasteiger partial charge in [-0.3, -0.25) is 4.79 Å². The van der Waals surface area contributed by atoms with Crippen molar-refractivity contribution in [3.63, 3.8) is 0 Å². The first kappa shape index (κ1) is 19.0. The van der Waals surface area contributed by atoms with Crippen LogP contribution in [0.1, 0.15) is 46.6 Å². The van der Waals surface area contributed by atoms with Crippen LogP contribution < -0.4 is 16.0 Å². The number of anilines is 1. The van der Waals surface area contributed by atoms with Gasteiger partial charge in [-0.15, -0.1) is 0 Å². The number of aliphatic imine (C=N–C) groups is 1. The third kappa shape index (κ3) is 7.17. The number of benzene rings is 1. The van der Waals surface area contributed by atoms with Gasteiger partial charge in [0.05, 0.1) is 6.54 Å². The van der Waals surface area contributed by atoms with Crippen molar-refractivity contribution in [2.45, 2.75) is 53.6 Å². The molecular weight excluding hydrogens is 288 g/mol. The molecule has 0 saturated heterocycles. The molecule has 1 aromatic rings. The van der Waals surface area contributed by atoms with Gasteiger partial charge in [0.25, 0.3) is 0 Å². The van der Waals surface area contributed by atoms with Gasteiger partial charge in [0.1, 0.15) is 0 Å². The van der Waals surface area contributed by atoms with Gasteiger partial charge in [0, 0.05) is 24.2 Å². The first-order chi connectivity index (χ1) is 11.0. The molecule has 0 spiro atoms. The number of hydrogen-bond acceptors (Lipinski definition) is 2. The summed E-state index contributed by atoms with van der Waals surface area (Å²) in [6.07, 6.45) is 1.05. The van der Waals surface area contributed by atoms with Crippen molar-refractivity contribution in [1.29, 1.82) is 0 Å². The highest BCUT2D eigenvalue weighted by atomic mass is 16.1. The van der Waals surface area contributed by atoms with Crippen molar-refractivity contribution in [3.8, 4) is 0 Å². The topological polar surface area (TPSA) is 65.5 Å². The summed E-state index contributed by atoms with van der Waals surface area (Å²) >= 11 is 0. The summed E-state index contributed by atoms with van der Waals surface area (Å²) in [7, 11) is 0. The summed E-state index contributed by atoms with van der Waals surface area (Å²) in [5.74, 6) is 0.843. The molecule has 3 N–H and O–H groups in total. The van der Waals surface area contributed by atoms with Crippen molar-refractivity contribution >= 4 is 17.6 Å². The van der Waals surface area contributed by atoms with E-state index in [0.29, 0.717) is 12.6 Å². The Balaban J connectivity index is 2.65. The summed E-state index contributed by atoms with van der Waals surface area (Å²) in [4.78, 5) is 16.3. The van der Waals surface area contributed by atoms with Crippen molar-refractivity contribution in [2.24, 2.45) is 10.9 Å². The Kier molecular flexibility index (Phi) is 8.16. The highest BCUT2D eigenvalue weighted by Crippen LogP contribution is 2.11. The number of rotatable bonds is 7. The Hall–Kier alpha value is -2.04. The zero-order valence-electron chi connectivity index (χ0n) is 14.9. The van der Waals surface area contributed by atoms with E-state index in [4.69, 9.17) is 0 Å². The predicted molar refractivity (Wildman–Crippen MR) is 97.6 cm³/mol. The lowest BCUT2D eigenvalue weighted by Crippen LogP contribution is -2.41. The predicted octanol–water partition coefficient (Wildman–Crippen LogP) is 3.13. The summed E-state index contributed by atoms with van der Waals surface area (Å²) in [5, 5.41) is 9.51. The fourth-order valence-corrected chi connectivity index (χ4v) is 1.81. The smallest absolute Gasteiger partial charge is 0.226 e. The molecule has 5 nitrogen and oxygen atoms in total. The lowest BCUT2D eigenvalue weighted by molar-refractivity contribution is -0.118. The number of nitrogens with zero attached hydrogens (tertiary/aromatic N) is 1. The van der Waals surface area contributed by atoms with Crippen LogP contribution in [-0.2, 0) is 11.3 Å². The van der Waals surface area contributed by atoms with Gasteiger partial charge in [0.15, 0.2) is 5.96 Å². The van der Waals surface area contributed by atoms with E-state index >= 15 is 0 Å². The molecule has 1 unspecified atom stereocenters. The Bertz CT molecular complexity index is 508. The molecule has 0 aromatic heterocycles. The van der Waals surface area contributed by atoms with Crippen LogP contribution in [0.3, 0.4) is 0 Å². The molecule has 1 atom stereocenters. The number of carbonyl (C=O) groups is 1. The zero-order valence-corrected chi connectivity index (χ0v) is 14.9. The molecule has 23 heavy (non-hydrogen) atoms. The van der Waals surface area contributed by atoms with E-state index in [1.807, 2.05) is 38.1 Å². The minimum Gasteiger partial charge on any atom is -0.357 e. The van der Waals surface area contributed by atoms with Crippen molar-refractivity contribution in [1.82, 2.24) is 10.6 Å². The SMILES string of the molecule is CCNC(=NCc1ccc(NC(=O)C(C)C)cc1)NC(C)CC. The normalized spacial score (nSPS) is 12.9. The van der Waals surface area contributed by atoms with E-state index in [9.17, 15) is 4.79 Å². The average Bonchev–Trinajstić information content (AvgIpc) is 2.53. The first-order valence-electron chi connectivity index (χ1n) is 8.40. The van der Waals surface area contributed by atoms with Crippen LogP contribution in [0.2, 0.25) is 0 Å². The van der Waals surface area contributed by atoms with E-state index in [1.54, 1.807) is 0 Å². The van der Waals surface area contributed by atoms with Crippen LogP contribution >= 0.6 is 0 Å². The van der Waals surface area contributed by atoms with Gasteiger partial charge in [-0.25, -0.2) is 4.99 Å². The summed E-state index contributed by atoms with van der Waals surface area (Å²) in [5.41, 5.74) is 1.93. The van der Waals surface area contributed by atoms with Gasteiger partial charge < -0.3 is 16.0 Å². The maximum Gasteiger partial charge on any atom is 0.226 e. The van der Waals surface area contributed by atoms with Crippen molar-refractivity contribution < 1.29 is 4.79 Å². The second-order valence-corrected chi connectivity index (χ2v) is 5.99. The molecule has 1 amide bonds. The molecule has 0 bridgehead atoms. The lowest BCUT2D eigenvalue weighted by atomic mass is 10.1. The highest BCUT2D eigenvalue weighted by molar-refractivity contribution is 5.92. The van der Waals surface area contributed by atoms with Gasteiger partial charge >= 0.3 is 0 Å². The Morgan fingerprint density at radius 2 is 1.78 bits per heavy atom. The summed E-state index contributed by atoms with van der Waals surface area (Å²) in [6.45, 7) is 11.5. The quantitative estimate of drug-likeness (QED) is 0.534. The van der Waals surface area contributed by atoms with Gasteiger partial charge in [-0.2, -0.15) is 0 Å². The van der Waals surface area contributed by atoms with E-state index in [0.717, 1.165) is 30.2 Å². The van der Waals surface area contributed by atoms with E-state index in [1.165, 1.54) is 0 Å². The molecule has 0 heterocycles. The van der Waals surface area contributed by atoms with Crippen LogP contribution in [0.5, 0.6) is 0 Å². The number of carbonyl (C=O) groups excluding carboxylic acids is 1. The van der Waals surface area contributed by atoms with E-state index in [2.05, 4.69) is 41.7 Å². The first-order valence-corrected chi connectivity index (χ1v) is 8.40. The molecular formula is C18H30N4O. The third-order valence-electron chi connectivity index (χ3n) is 3.51. The Labute approximate surface area is 140 Å².